The predicted molar refractivity (Wildman–Crippen MR) is 112 cm³/mol. The fourth-order valence-electron chi connectivity index (χ4n) is 1.86. The monoisotopic (exact) mass is 443 g/mol. The van der Waals surface area contributed by atoms with Crippen LogP contribution in [0, 0.1) is 6.92 Å². The minimum absolute atomic E-state index is 0.386. The lowest BCUT2D eigenvalue weighted by atomic mass is 10.2. The molecule has 0 saturated heterocycles. The number of ether oxygens (including phenoxy) is 1. The maximum absolute atomic E-state index is 11.7. The number of nitrogens with one attached hydrogen (secondary N) is 1. The Bertz CT molecular complexity index is 673. The first-order valence-corrected chi connectivity index (χ1v) is 10.6. The summed E-state index contributed by atoms with van der Waals surface area (Å²) in [7, 11) is 0. The standard InChI is InChI=1S/C17H20BrNO2S2.C2H6/c1-11-7-12(18)9-14(8-11)23-15-6-5-13(22-15)10-19-16(20)21-17(2,3)4;1-2/h5-9H,10H2,1-4H3,(H,19,20);1-2H3. The van der Waals surface area contributed by atoms with Crippen molar-refractivity contribution in [3.8, 4) is 0 Å². The van der Waals surface area contributed by atoms with Crippen molar-refractivity contribution in [1.82, 2.24) is 5.32 Å². The summed E-state index contributed by atoms with van der Waals surface area (Å²) in [6.07, 6.45) is -0.386. The fraction of sp³-hybridized carbons (Fsp3) is 0.421. The van der Waals surface area contributed by atoms with Crippen molar-refractivity contribution in [2.24, 2.45) is 0 Å². The molecule has 1 heterocycles. The van der Waals surface area contributed by atoms with Gasteiger partial charge >= 0.3 is 6.09 Å². The largest absolute Gasteiger partial charge is 0.444 e. The Morgan fingerprint density at radius 2 is 1.92 bits per heavy atom. The number of halogens is 1. The highest BCUT2D eigenvalue weighted by molar-refractivity contribution is 9.10. The van der Waals surface area contributed by atoms with Crippen molar-refractivity contribution in [3.05, 3.63) is 45.2 Å². The zero-order valence-corrected chi connectivity index (χ0v) is 18.8. The molecular weight excluding hydrogens is 418 g/mol. The number of hydrogen-bond donors (Lipinski definition) is 1. The number of carbonyl (C=O) groups is 1. The van der Waals surface area contributed by atoms with Crippen molar-refractivity contribution in [2.45, 2.75) is 62.8 Å². The third kappa shape index (κ3) is 8.79. The van der Waals surface area contributed by atoms with Crippen LogP contribution in [-0.2, 0) is 11.3 Å². The van der Waals surface area contributed by atoms with E-state index in [-0.39, 0.29) is 6.09 Å². The summed E-state index contributed by atoms with van der Waals surface area (Å²) in [5, 5.41) is 2.78. The Labute approximate surface area is 167 Å². The van der Waals surface area contributed by atoms with Gasteiger partial charge in [0.15, 0.2) is 0 Å². The van der Waals surface area contributed by atoms with Gasteiger partial charge in [-0.25, -0.2) is 4.79 Å². The highest BCUT2D eigenvalue weighted by Gasteiger charge is 2.16. The molecule has 0 spiro atoms. The molecule has 138 valence electrons. The zero-order chi connectivity index (χ0) is 19.0. The van der Waals surface area contributed by atoms with E-state index in [4.69, 9.17) is 4.74 Å². The second-order valence-corrected chi connectivity index (χ2v) is 9.60. The van der Waals surface area contributed by atoms with Gasteiger partial charge in [-0.05, 0) is 63.6 Å². The molecule has 2 aromatic rings. The molecule has 2 rings (SSSR count). The van der Waals surface area contributed by atoms with Gasteiger partial charge in [0.2, 0.25) is 0 Å². The van der Waals surface area contributed by atoms with E-state index in [9.17, 15) is 4.79 Å². The SMILES string of the molecule is CC.Cc1cc(Br)cc(Sc2ccc(CNC(=O)OC(C)(C)C)s2)c1. The maximum Gasteiger partial charge on any atom is 0.407 e. The van der Waals surface area contributed by atoms with Crippen LogP contribution in [0.25, 0.3) is 0 Å². The van der Waals surface area contributed by atoms with Gasteiger partial charge in [-0.15, -0.1) is 11.3 Å². The van der Waals surface area contributed by atoms with Crippen molar-refractivity contribution < 1.29 is 9.53 Å². The van der Waals surface area contributed by atoms with Crippen molar-refractivity contribution >= 4 is 45.1 Å². The second kappa shape index (κ2) is 10.2. The molecule has 0 aliphatic carbocycles. The summed E-state index contributed by atoms with van der Waals surface area (Å²) in [6, 6.07) is 10.5. The Morgan fingerprint density at radius 1 is 1.24 bits per heavy atom. The Morgan fingerprint density at radius 3 is 2.52 bits per heavy atom. The average molecular weight is 444 g/mol. The summed E-state index contributed by atoms with van der Waals surface area (Å²) in [6.45, 7) is 12.1. The van der Waals surface area contributed by atoms with Gasteiger partial charge in [-0.1, -0.05) is 41.5 Å². The summed E-state index contributed by atoms with van der Waals surface area (Å²) < 4.78 is 7.52. The first-order chi connectivity index (χ1) is 11.7. The second-order valence-electron chi connectivity index (χ2n) is 6.14. The Kier molecular flexibility index (Phi) is 9.03. The first-order valence-electron chi connectivity index (χ1n) is 8.22. The molecule has 0 unspecified atom stereocenters. The summed E-state index contributed by atoms with van der Waals surface area (Å²) in [5.41, 5.74) is 0.754. The molecule has 0 aliphatic rings. The molecule has 0 fully saturated rings. The normalized spacial score (nSPS) is 10.7. The van der Waals surface area contributed by atoms with E-state index >= 15 is 0 Å². The van der Waals surface area contributed by atoms with E-state index in [1.54, 1.807) is 23.1 Å². The van der Waals surface area contributed by atoms with Gasteiger partial charge < -0.3 is 10.1 Å². The minimum atomic E-state index is -0.473. The van der Waals surface area contributed by atoms with E-state index < -0.39 is 5.60 Å². The highest BCUT2D eigenvalue weighted by Crippen LogP contribution is 2.35. The molecule has 0 aliphatic heterocycles. The van der Waals surface area contributed by atoms with E-state index in [2.05, 4.69) is 52.4 Å². The van der Waals surface area contributed by atoms with Gasteiger partial charge in [0.1, 0.15) is 5.60 Å². The van der Waals surface area contributed by atoms with Crippen LogP contribution in [0.15, 0.2) is 43.9 Å². The van der Waals surface area contributed by atoms with Gasteiger partial charge in [0.25, 0.3) is 0 Å². The number of hydrogen-bond acceptors (Lipinski definition) is 4. The fourth-order valence-corrected chi connectivity index (χ4v) is 4.87. The third-order valence-electron chi connectivity index (χ3n) is 2.68. The average Bonchev–Trinajstić information content (AvgIpc) is 2.92. The molecule has 1 amide bonds. The van der Waals surface area contributed by atoms with E-state index in [0.717, 1.165) is 9.35 Å². The van der Waals surface area contributed by atoms with Gasteiger partial charge in [0.05, 0.1) is 10.8 Å². The third-order valence-corrected chi connectivity index (χ3v) is 5.32. The molecule has 0 atom stereocenters. The van der Waals surface area contributed by atoms with Crippen LogP contribution in [0.2, 0.25) is 0 Å². The number of rotatable bonds is 4. The highest BCUT2D eigenvalue weighted by atomic mass is 79.9. The van der Waals surface area contributed by atoms with Crippen molar-refractivity contribution in [3.63, 3.8) is 0 Å². The van der Waals surface area contributed by atoms with E-state index in [1.165, 1.54) is 14.7 Å². The van der Waals surface area contributed by atoms with Crippen LogP contribution < -0.4 is 5.32 Å². The van der Waals surface area contributed by atoms with E-state index in [1.807, 2.05) is 40.7 Å². The topological polar surface area (TPSA) is 38.3 Å². The molecule has 0 radical (unpaired) electrons. The summed E-state index contributed by atoms with van der Waals surface area (Å²) in [4.78, 5) is 14.0. The van der Waals surface area contributed by atoms with Crippen molar-refractivity contribution in [1.29, 1.82) is 0 Å². The number of thiophene rings is 1. The summed E-state index contributed by atoms with van der Waals surface area (Å²) in [5.74, 6) is 0. The van der Waals surface area contributed by atoms with Gasteiger partial charge in [-0.2, -0.15) is 0 Å². The van der Waals surface area contributed by atoms with Crippen LogP contribution in [0.3, 0.4) is 0 Å². The van der Waals surface area contributed by atoms with E-state index in [0.29, 0.717) is 6.54 Å². The molecule has 25 heavy (non-hydrogen) atoms. The zero-order valence-electron chi connectivity index (χ0n) is 15.6. The number of carbonyl (C=O) groups excluding carboxylic acids is 1. The smallest absolute Gasteiger partial charge is 0.407 e. The molecule has 1 aromatic carbocycles. The minimum Gasteiger partial charge on any atom is -0.444 e. The lowest BCUT2D eigenvalue weighted by Crippen LogP contribution is -2.31. The van der Waals surface area contributed by atoms with Crippen LogP contribution in [-0.4, -0.2) is 11.7 Å². The lowest BCUT2D eigenvalue weighted by Gasteiger charge is -2.19. The van der Waals surface area contributed by atoms with Crippen molar-refractivity contribution in [2.75, 3.05) is 0 Å². The first kappa shape index (κ1) is 22.1. The summed E-state index contributed by atoms with van der Waals surface area (Å²) >= 11 is 6.93. The quantitative estimate of drug-likeness (QED) is 0.551. The molecule has 1 N–H and O–H groups in total. The molecule has 0 bridgehead atoms. The molecule has 3 nitrogen and oxygen atoms in total. The van der Waals surface area contributed by atoms with Gasteiger partial charge in [0, 0.05) is 14.2 Å². The molecule has 0 saturated carbocycles. The predicted octanol–water partition coefficient (Wildman–Crippen LogP) is 7.02. The molecular formula is C19H26BrNO2S2. The van der Waals surface area contributed by atoms with Crippen LogP contribution in [0.1, 0.15) is 45.1 Å². The number of benzene rings is 1. The number of amides is 1. The molecule has 6 heteroatoms. The van der Waals surface area contributed by atoms with Crippen LogP contribution >= 0.6 is 39.0 Å². The number of alkyl carbamates (subject to hydrolysis) is 1. The van der Waals surface area contributed by atoms with Gasteiger partial charge in [-0.3, -0.25) is 0 Å². The van der Waals surface area contributed by atoms with Crippen LogP contribution in [0.4, 0.5) is 4.79 Å². The number of aryl methyl sites for hydroxylation is 1. The maximum atomic E-state index is 11.7. The lowest BCUT2D eigenvalue weighted by molar-refractivity contribution is 0.0524. The van der Waals surface area contributed by atoms with Crippen LogP contribution in [0.5, 0.6) is 0 Å². The Balaban J connectivity index is 0.00000151. The molecule has 1 aromatic heterocycles. The Hall–Kier alpha value is -0.980.